The first-order chi connectivity index (χ1) is 13.1. The predicted molar refractivity (Wildman–Crippen MR) is 115 cm³/mol. The fraction of sp³-hybridized carbons (Fsp3) is 0.304. The first-order valence-electron chi connectivity index (χ1n) is 9.29. The van der Waals surface area contributed by atoms with Crippen molar-refractivity contribution in [2.24, 2.45) is 0 Å². The number of anilines is 2. The molecule has 0 radical (unpaired) electrons. The van der Waals surface area contributed by atoms with E-state index in [4.69, 9.17) is 16.3 Å². The highest BCUT2D eigenvalue weighted by molar-refractivity contribution is 6.24. The van der Waals surface area contributed by atoms with Gasteiger partial charge in [-0.25, -0.2) is 0 Å². The summed E-state index contributed by atoms with van der Waals surface area (Å²) in [5.41, 5.74) is 3.57. The Morgan fingerprint density at radius 1 is 0.963 bits per heavy atom. The van der Waals surface area contributed by atoms with E-state index in [-0.39, 0.29) is 0 Å². The van der Waals surface area contributed by atoms with Crippen LogP contribution in [0.3, 0.4) is 0 Å². The predicted octanol–water partition coefficient (Wildman–Crippen LogP) is 5.22. The summed E-state index contributed by atoms with van der Waals surface area (Å²) in [6.07, 6.45) is 6.92. The van der Waals surface area contributed by atoms with Crippen LogP contribution in [0.2, 0.25) is 0 Å². The van der Waals surface area contributed by atoms with Gasteiger partial charge < -0.3 is 14.5 Å². The summed E-state index contributed by atoms with van der Waals surface area (Å²) in [4.78, 5) is 4.40. The lowest BCUT2D eigenvalue weighted by atomic mass is 10.0. The quantitative estimate of drug-likeness (QED) is 0.582. The molecule has 0 fully saturated rings. The highest BCUT2D eigenvalue weighted by atomic mass is 35.5. The smallest absolute Gasteiger partial charge is 0.164 e. The molecular formula is C23H27ClN2O. The van der Waals surface area contributed by atoms with Crippen LogP contribution in [0.25, 0.3) is 0 Å². The Bertz CT molecular complexity index is 734. The van der Waals surface area contributed by atoms with E-state index in [1.807, 2.05) is 32.3 Å². The SMILES string of the molecule is CN(C)CCOC1(Cl)C=CC(CN(c2ccccc2)c2ccccc2)=CC1. The molecule has 27 heavy (non-hydrogen) atoms. The van der Waals surface area contributed by atoms with Crippen molar-refractivity contribution in [2.75, 3.05) is 38.7 Å². The van der Waals surface area contributed by atoms with Crippen molar-refractivity contribution in [3.05, 3.63) is 84.5 Å². The second-order valence-electron chi connectivity index (χ2n) is 7.01. The average molecular weight is 383 g/mol. The molecule has 2 aromatic rings. The zero-order valence-electron chi connectivity index (χ0n) is 16.0. The summed E-state index contributed by atoms with van der Waals surface area (Å²) in [5, 5.41) is -0.732. The largest absolute Gasteiger partial charge is 0.354 e. The van der Waals surface area contributed by atoms with Crippen LogP contribution in [0.4, 0.5) is 11.4 Å². The molecule has 0 spiro atoms. The van der Waals surface area contributed by atoms with Crippen LogP contribution in [-0.2, 0) is 4.74 Å². The maximum Gasteiger partial charge on any atom is 0.164 e. The van der Waals surface area contributed by atoms with Crippen molar-refractivity contribution in [2.45, 2.75) is 11.5 Å². The Morgan fingerprint density at radius 2 is 1.56 bits per heavy atom. The summed E-state index contributed by atoms with van der Waals surface area (Å²) in [5.74, 6) is 0. The molecule has 0 aliphatic heterocycles. The minimum atomic E-state index is -0.732. The third-order valence-corrected chi connectivity index (χ3v) is 4.94. The Kier molecular flexibility index (Phi) is 6.73. The summed E-state index contributed by atoms with van der Waals surface area (Å²) in [7, 11) is 4.06. The van der Waals surface area contributed by atoms with Crippen molar-refractivity contribution in [3.63, 3.8) is 0 Å². The fourth-order valence-electron chi connectivity index (χ4n) is 2.99. The lowest BCUT2D eigenvalue weighted by Gasteiger charge is -2.30. The number of para-hydroxylation sites is 2. The molecule has 3 nitrogen and oxygen atoms in total. The Hall–Kier alpha value is -2.07. The average Bonchev–Trinajstić information content (AvgIpc) is 2.69. The van der Waals surface area contributed by atoms with Crippen LogP contribution in [0, 0.1) is 0 Å². The number of likely N-dealkylation sites (N-methyl/N-ethyl adjacent to an activating group) is 1. The van der Waals surface area contributed by atoms with E-state index in [0.717, 1.165) is 13.1 Å². The van der Waals surface area contributed by atoms with Crippen molar-refractivity contribution in [1.82, 2.24) is 4.90 Å². The number of halogens is 1. The van der Waals surface area contributed by atoms with Crippen molar-refractivity contribution in [3.8, 4) is 0 Å². The minimum Gasteiger partial charge on any atom is -0.354 e. The van der Waals surface area contributed by atoms with Crippen LogP contribution in [-0.4, -0.2) is 43.8 Å². The molecule has 4 heteroatoms. The maximum atomic E-state index is 6.61. The van der Waals surface area contributed by atoms with Gasteiger partial charge in [0, 0.05) is 30.9 Å². The van der Waals surface area contributed by atoms with Gasteiger partial charge in [0.15, 0.2) is 5.06 Å². The molecule has 0 N–H and O–H groups in total. The summed E-state index contributed by atoms with van der Waals surface area (Å²) in [6, 6.07) is 20.9. The monoisotopic (exact) mass is 382 g/mol. The van der Waals surface area contributed by atoms with Crippen molar-refractivity contribution < 1.29 is 4.74 Å². The number of alkyl halides is 1. The second-order valence-corrected chi connectivity index (χ2v) is 7.65. The standard InChI is InChI=1S/C23H27ClN2O/c1-25(2)17-18-27-23(24)15-13-20(14-16-23)19-26(21-9-5-3-6-10-21)22-11-7-4-8-12-22/h3-15H,16-19H2,1-2H3. The molecule has 0 saturated carbocycles. The number of ether oxygens (including phenoxy) is 1. The summed E-state index contributed by atoms with van der Waals surface area (Å²) < 4.78 is 5.88. The van der Waals surface area contributed by atoms with Gasteiger partial charge in [0.1, 0.15) is 0 Å². The van der Waals surface area contributed by atoms with Crippen LogP contribution >= 0.6 is 11.6 Å². The molecule has 0 amide bonds. The molecule has 142 valence electrons. The van der Waals surface area contributed by atoms with Gasteiger partial charge in [-0.3, -0.25) is 0 Å². The van der Waals surface area contributed by atoms with Crippen molar-refractivity contribution >= 4 is 23.0 Å². The third-order valence-electron chi connectivity index (χ3n) is 4.55. The maximum absolute atomic E-state index is 6.61. The van der Waals surface area contributed by atoms with Crippen LogP contribution in [0.5, 0.6) is 0 Å². The van der Waals surface area contributed by atoms with Gasteiger partial charge in [0.25, 0.3) is 0 Å². The molecule has 0 heterocycles. The zero-order valence-corrected chi connectivity index (χ0v) is 16.8. The van der Waals surface area contributed by atoms with Crippen molar-refractivity contribution in [1.29, 1.82) is 0 Å². The van der Waals surface area contributed by atoms with Crippen LogP contribution in [0.1, 0.15) is 6.42 Å². The highest BCUT2D eigenvalue weighted by Gasteiger charge is 2.26. The lowest BCUT2D eigenvalue weighted by Crippen LogP contribution is -2.29. The third kappa shape index (κ3) is 5.70. The number of benzene rings is 2. The molecule has 0 aromatic heterocycles. The van der Waals surface area contributed by atoms with Gasteiger partial charge in [-0.15, -0.1) is 0 Å². The molecule has 1 atom stereocenters. The van der Waals surface area contributed by atoms with Gasteiger partial charge >= 0.3 is 0 Å². The van der Waals surface area contributed by atoms with Gasteiger partial charge in [0.05, 0.1) is 6.61 Å². The molecule has 2 aromatic carbocycles. The van der Waals surface area contributed by atoms with Crippen LogP contribution < -0.4 is 4.90 Å². The number of hydrogen-bond donors (Lipinski definition) is 0. The normalized spacial score (nSPS) is 19.2. The number of nitrogens with zero attached hydrogens (tertiary/aromatic N) is 2. The Morgan fingerprint density at radius 3 is 2.04 bits per heavy atom. The summed E-state index contributed by atoms with van der Waals surface area (Å²) in [6.45, 7) is 2.26. The van der Waals surface area contributed by atoms with E-state index >= 15 is 0 Å². The molecule has 0 saturated heterocycles. The highest BCUT2D eigenvalue weighted by Crippen LogP contribution is 2.32. The fourth-order valence-corrected chi connectivity index (χ4v) is 3.21. The Labute approximate surface area is 167 Å². The molecular weight excluding hydrogens is 356 g/mol. The van der Waals surface area contributed by atoms with E-state index in [1.165, 1.54) is 16.9 Å². The van der Waals surface area contributed by atoms with E-state index in [9.17, 15) is 0 Å². The lowest BCUT2D eigenvalue weighted by molar-refractivity contribution is 0.0454. The first kappa shape index (κ1) is 19.7. The van der Waals surface area contributed by atoms with Gasteiger partial charge in [-0.1, -0.05) is 60.2 Å². The molecule has 0 bridgehead atoms. The number of hydrogen-bond acceptors (Lipinski definition) is 3. The molecule has 1 aliphatic carbocycles. The van der Waals surface area contributed by atoms with Gasteiger partial charge in [0.2, 0.25) is 0 Å². The van der Waals surface area contributed by atoms with E-state index < -0.39 is 5.06 Å². The van der Waals surface area contributed by atoms with Gasteiger partial charge in [-0.05, 0) is 50.0 Å². The Balaban J connectivity index is 1.70. The zero-order chi connectivity index (χ0) is 19.1. The van der Waals surface area contributed by atoms with Gasteiger partial charge in [-0.2, -0.15) is 0 Å². The summed E-state index contributed by atoms with van der Waals surface area (Å²) >= 11 is 6.61. The molecule has 3 rings (SSSR count). The molecule has 1 unspecified atom stereocenters. The molecule has 1 aliphatic rings. The second kappa shape index (κ2) is 9.23. The first-order valence-corrected chi connectivity index (χ1v) is 9.67. The van der Waals surface area contributed by atoms with E-state index in [1.54, 1.807) is 0 Å². The topological polar surface area (TPSA) is 15.7 Å². The number of rotatable bonds is 8. The van der Waals surface area contributed by atoms with E-state index in [0.29, 0.717) is 13.0 Å². The van der Waals surface area contributed by atoms with E-state index in [2.05, 4.69) is 70.5 Å². The van der Waals surface area contributed by atoms with Crippen LogP contribution in [0.15, 0.2) is 84.5 Å². The minimum absolute atomic E-state index is 0.615.